The normalized spacial score (nSPS) is 19.9. The van der Waals surface area contributed by atoms with E-state index < -0.39 is 17.4 Å². The summed E-state index contributed by atoms with van der Waals surface area (Å²) < 4.78 is 9.64. The van der Waals surface area contributed by atoms with Gasteiger partial charge in [0.25, 0.3) is 0 Å². The van der Waals surface area contributed by atoms with E-state index in [0.717, 1.165) is 25.7 Å². The van der Waals surface area contributed by atoms with Crippen LogP contribution < -0.4 is 0 Å². The molecular formula is C12H20O5. The molecule has 17 heavy (non-hydrogen) atoms. The lowest BCUT2D eigenvalue weighted by Gasteiger charge is -2.32. The van der Waals surface area contributed by atoms with E-state index in [1.165, 1.54) is 14.2 Å². The zero-order valence-corrected chi connectivity index (χ0v) is 10.4. The fraction of sp³-hybridized carbons (Fsp3) is 0.833. The Kier molecular flexibility index (Phi) is 4.93. The SMILES string of the molecule is COCCC(C(=O)O)(C(=O)OC)C1CCCC1. The van der Waals surface area contributed by atoms with Gasteiger partial charge in [-0.3, -0.25) is 9.59 Å². The van der Waals surface area contributed by atoms with E-state index in [4.69, 9.17) is 9.47 Å². The van der Waals surface area contributed by atoms with Crippen molar-refractivity contribution in [2.75, 3.05) is 20.8 Å². The summed E-state index contributed by atoms with van der Waals surface area (Å²) in [5.74, 6) is -1.87. The molecule has 1 saturated carbocycles. The highest BCUT2D eigenvalue weighted by Gasteiger charge is 2.53. The maximum Gasteiger partial charge on any atom is 0.323 e. The molecular weight excluding hydrogens is 224 g/mol. The smallest absolute Gasteiger partial charge is 0.323 e. The average molecular weight is 244 g/mol. The van der Waals surface area contributed by atoms with Crippen molar-refractivity contribution in [1.82, 2.24) is 0 Å². The largest absolute Gasteiger partial charge is 0.480 e. The number of carbonyl (C=O) groups excluding carboxylic acids is 1. The zero-order chi connectivity index (χ0) is 12.9. The third kappa shape index (κ3) is 2.60. The number of carboxylic acid groups (broad SMARTS) is 1. The molecule has 0 spiro atoms. The van der Waals surface area contributed by atoms with Crippen LogP contribution in [0.2, 0.25) is 0 Å². The summed E-state index contributed by atoms with van der Waals surface area (Å²) in [6, 6.07) is 0. The van der Waals surface area contributed by atoms with Crippen LogP contribution in [0.15, 0.2) is 0 Å². The molecule has 0 aromatic carbocycles. The second-order valence-corrected chi connectivity index (χ2v) is 4.49. The summed E-state index contributed by atoms with van der Waals surface area (Å²) in [5, 5.41) is 9.46. The number of ether oxygens (including phenoxy) is 2. The number of carbonyl (C=O) groups is 2. The quantitative estimate of drug-likeness (QED) is 0.565. The Hall–Kier alpha value is -1.10. The minimum Gasteiger partial charge on any atom is -0.480 e. The Labute approximate surface area is 101 Å². The minimum atomic E-state index is -1.43. The highest BCUT2D eigenvalue weighted by molar-refractivity contribution is 5.99. The molecule has 98 valence electrons. The number of hydrogen-bond acceptors (Lipinski definition) is 4. The van der Waals surface area contributed by atoms with Crippen LogP contribution in [0.4, 0.5) is 0 Å². The Balaban J connectivity index is 3.00. The number of esters is 1. The number of rotatable bonds is 6. The highest BCUT2D eigenvalue weighted by Crippen LogP contribution is 2.43. The molecule has 0 bridgehead atoms. The Morgan fingerprint density at radius 1 is 1.29 bits per heavy atom. The summed E-state index contributed by atoms with van der Waals surface area (Å²) in [4.78, 5) is 23.5. The Morgan fingerprint density at radius 2 is 1.88 bits per heavy atom. The number of methoxy groups -OCH3 is 2. The number of aliphatic carboxylic acids is 1. The van der Waals surface area contributed by atoms with Gasteiger partial charge < -0.3 is 14.6 Å². The van der Waals surface area contributed by atoms with Crippen molar-refractivity contribution in [2.24, 2.45) is 11.3 Å². The topological polar surface area (TPSA) is 72.8 Å². The molecule has 1 rings (SSSR count). The van der Waals surface area contributed by atoms with E-state index in [9.17, 15) is 14.7 Å². The van der Waals surface area contributed by atoms with Crippen LogP contribution in [-0.2, 0) is 19.1 Å². The minimum absolute atomic E-state index is 0.136. The summed E-state index contributed by atoms with van der Waals surface area (Å²) in [6.45, 7) is 0.248. The summed E-state index contributed by atoms with van der Waals surface area (Å²) in [7, 11) is 2.74. The fourth-order valence-corrected chi connectivity index (χ4v) is 2.71. The summed E-state index contributed by atoms with van der Waals surface area (Å²) in [5.41, 5.74) is -1.43. The van der Waals surface area contributed by atoms with E-state index in [0.29, 0.717) is 0 Å². The summed E-state index contributed by atoms with van der Waals surface area (Å²) in [6.07, 6.45) is 3.67. The van der Waals surface area contributed by atoms with E-state index in [2.05, 4.69) is 0 Å². The molecule has 0 radical (unpaired) electrons. The molecule has 0 heterocycles. The number of hydrogen-bond donors (Lipinski definition) is 1. The fourth-order valence-electron chi connectivity index (χ4n) is 2.71. The lowest BCUT2D eigenvalue weighted by atomic mass is 9.72. The van der Waals surface area contributed by atoms with Crippen molar-refractivity contribution >= 4 is 11.9 Å². The molecule has 0 aliphatic heterocycles. The van der Waals surface area contributed by atoms with Crippen molar-refractivity contribution in [3.8, 4) is 0 Å². The van der Waals surface area contributed by atoms with Crippen LogP contribution in [-0.4, -0.2) is 37.9 Å². The first-order valence-electron chi connectivity index (χ1n) is 5.90. The van der Waals surface area contributed by atoms with E-state index in [1.54, 1.807) is 0 Å². The van der Waals surface area contributed by atoms with E-state index >= 15 is 0 Å². The Morgan fingerprint density at radius 3 is 2.29 bits per heavy atom. The monoisotopic (exact) mass is 244 g/mol. The van der Waals surface area contributed by atoms with Gasteiger partial charge in [0.2, 0.25) is 0 Å². The molecule has 1 N–H and O–H groups in total. The van der Waals surface area contributed by atoms with Crippen molar-refractivity contribution < 1.29 is 24.2 Å². The van der Waals surface area contributed by atoms with Gasteiger partial charge in [-0.15, -0.1) is 0 Å². The van der Waals surface area contributed by atoms with Gasteiger partial charge >= 0.3 is 11.9 Å². The van der Waals surface area contributed by atoms with Crippen LogP contribution >= 0.6 is 0 Å². The standard InChI is InChI=1S/C12H20O5/c1-16-8-7-12(10(13)14,11(15)17-2)9-5-3-4-6-9/h9H,3-8H2,1-2H3,(H,13,14). The predicted octanol–water partition coefficient (Wildman–Crippen LogP) is 1.46. The van der Waals surface area contributed by atoms with E-state index in [1.807, 2.05) is 0 Å². The lowest BCUT2D eigenvalue weighted by molar-refractivity contribution is -0.173. The molecule has 1 fully saturated rings. The number of carboxylic acids is 1. The van der Waals surface area contributed by atoms with Crippen LogP contribution in [0.25, 0.3) is 0 Å². The first kappa shape index (κ1) is 14.0. The molecule has 0 saturated heterocycles. The maximum atomic E-state index is 11.9. The van der Waals surface area contributed by atoms with Gasteiger partial charge in [0.1, 0.15) is 0 Å². The average Bonchev–Trinajstić information content (AvgIpc) is 2.83. The summed E-state index contributed by atoms with van der Waals surface area (Å²) >= 11 is 0. The molecule has 1 aliphatic rings. The molecule has 1 unspecified atom stereocenters. The molecule has 1 aliphatic carbocycles. The first-order chi connectivity index (χ1) is 8.09. The van der Waals surface area contributed by atoms with Crippen LogP contribution in [0.1, 0.15) is 32.1 Å². The predicted molar refractivity (Wildman–Crippen MR) is 60.5 cm³/mol. The molecule has 5 nitrogen and oxygen atoms in total. The molecule has 0 aromatic rings. The van der Waals surface area contributed by atoms with Crippen LogP contribution in [0, 0.1) is 11.3 Å². The zero-order valence-electron chi connectivity index (χ0n) is 10.4. The van der Waals surface area contributed by atoms with Gasteiger partial charge in [0.05, 0.1) is 7.11 Å². The van der Waals surface area contributed by atoms with Gasteiger partial charge in [-0.2, -0.15) is 0 Å². The van der Waals surface area contributed by atoms with Crippen LogP contribution in [0.5, 0.6) is 0 Å². The lowest BCUT2D eigenvalue weighted by Crippen LogP contribution is -2.46. The van der Waals surface area contributed by atoms with Gasteiger partial charge in [0.15, 0.2) is 5.41 Å². The van der Waals surface area contributed by atoms with Crippen LogP contribution in [0.3, 0.4) is 0 Å². The van der Waals surface area contributed by atoms with Gasteiger partial charge in [-0.1, -0.05) is 12.8 Å². The van der Waals surface area contributed by atoms with Crippen molar-refractivity contribution in [2.45, 2.75) is 32.1 Å². The van der Waals surface area contributed by atoms with Gasteiger partial charge in [-0.25, -0.2) is 0 Å². The maximum absolute atomic E-state index is 11.9. The van der Waals surface area contributed by atoms with Crippen molar-refractivity contribution in [3.05, 3.63) is 0 Å². The molecule has 5 heteroatoms. The molecule has 1 atom stereocenters. The second kappa shape index (κ2) is 6.00. The van der Waals surface area contributed by atoms with Gasteiger partial charge in [-0.05, 0) is 25.2 Å². The highest BCUT2D eigenvalue weighted by atomic mass is 16.5. The van der Waals surface area contributed by atoms with Crippen molar-refractivity contribution in [3.63, 3.8) is 0 Å². The third-order valence-electron chi connectivity index (χ3n) is 3.68. The second-order valence-electron chi connectivity index (χ2n) is 4.49. The third-order valence-corrected chi connectivity index (χ3v) is 3.68. The Bertz CT molecular complexity index is 283. The first-order valence-corrected chi connectivity index (χ1v) is 5.90. The van der Waals surface area contributed by atoms with Gasteiger partial charge in [0, 0.05) is 13.7 Å². The molecule has 0 amide bonds. The van der Waals surface area contributed by atoms with Crippen molar-refractivity contribution in [1.29, 1.82) is 0 Å². The van der Waals surface area contributed by atoms with E-state index in [-0.39, 0.29) is 18.9 Å². The molecule has 0 aromatic heterocycles.